The molecule has 1 heterocycles. The van der Waals surface area contributed by atoms with Gasteiger partial charge in [0.25, 0.3) is 10.0 Å². The number of aryl methyl sites for hydroxylation is 2. The molecule has 0 aliphatic rings. The van der Waals surface area contributed by atoms with Gasteiger partial charge in [0.15, 0.2) is 0 Å². The lowest BCUT2D eigenvalue weighted by molar-refractivity contribution is 0.600. The molecule has 0 radical (unpaired) electrons. The van der Waals surface area contributed by atoms with Gasteiger partial charge in [-0.15, -0.1) is 0 Å². The maximum Gasteiger partial charge on any atom is 0.262 e. The molecule has 1 aromatic carbocycles. The van der Waals surface area contributed by atoms with Crippen LogP contribution in [0.3, 0.4) is 0 Å². The SMILES string of the molecule is CNCc1ccc(C)c(S(=O)(=O)Nc2ccc(C)nc2)c1. The molecular formula is C15H19N3O2S. The molecule has 0 bridgehead atoms. The van der Waals surface area contributed by atoms with E-state index in [0.29, 0.717) is 17.8 Å². The van der Waals surface area contributed by atoms with Crippen molar-refractivity contribution < 1.29 is 8.42 Å². The van der Waals surface area contributed by atoms with Crippen molar-refractivity contribution >= 4 is 15.7 Å². The fourth-order valence-electron chi connectivity index (χ4n) is 1.99. The van der Waals surface area contributed by atoms with Gasteiger partial charge >= 0.3 is 0 Å². The predicted molar refractivity (Wildman–Crippen MR) is 83.7 cm³/mol. The number of benzene rings is 1. The van der Waals surface area contributed by atoms with Crippen molar-refractivity contribution in [3.05, 3.63) is 53.3 Å². The van der Waals surface area contributed by atoms with Crippen molar-refractivity contribution in [2.24, 2.45) is 0 Å². The molecule has 0 unspecified atom stereocenters. The smallest absolute Gasteiger partial charge is 0.262 e. The van der Waals surface area contributed by atoms with E-state index in [2.05, 4.69) is 15.0 Å². The van der Waals surface area contributed by atoms with E-state index in [1.54, 1.807) is 25.1 Å². The quantitative estimate of drug-likeness (QED) is 0.888. The maximum absolute atomic E-state index is 12.5. The van der Waals surface area contributed by atoms with Gasteiger partial charge in [0.1, 0.15) is 0 Å². The summed E-state index contributed by atoms with van der Waals surface area (Å²) in [5.74, 6) is 0. The second kappa shape index (κ2) is 6.24. The first-order chi connectivity index (χ1) is 9.92. The zero-order chi connectivity index (χ0) is 15.5. The second-order valence-corrected chi connectivity index (χ2v) is 6.57. The van der Waals surface area contributed by atoms with E-state index in [1.165, 1.54) is 6.20 Å². The van der Waals surface area contributed by atoms with Gasteiger partial charge in [0, 0.05) is 12.2 Å². The lowest BCUT2D eigenvalue weighted by Crippen LogP contribution is -2.15. The topological polar surface area (TPSA) is 71.1 Å². The van der Waals surface area contributed by atoms with Gasteiger partial charge < -0.3 is 5.32 Å². The number of anilines is 1. The molecule has 112 valence electrons. The summed E-state index contributed by atoms with van der Waals surface area (Å²) in [5.41, 5.74) is 2.93. The van der Waals surface area contributed by atoms with Crippen molar-refractivity contribution in [2.45, 2.75) is 25.3 Å². The first-order valence-corrected chi connectivity index (χ1v) is 8.10. The highest BCUT2D eigenvalue weighted by atomic mass is 32.2. The summed E-state index contributed by atoms with van der Waals surface area (Å²) in [6, 6.07) is 8.89. The van der Waals surface area contributed by atoms with Crippen LogP contribution in [0.4, 0.5) is 5.69 Å². The third-order valence-electron chi connectivity index (χ3n) is 3.09. The number of hydrogen-bond donors (Lipinski definition) is 2. The van der Waals surface area contributed by atoms with E-state index in [9.17, 15) is 8.42 Å². The molecule has 5 nitrogen and oxygen atoms in total. The zero-order valence-electron chi connectivity index (χ0n) is 12.3. The highest BCUT2D eigenvalue weighted by Gasteiger charge is 2.17. The van der Waals surface area contributed by atoms with Gasteiger partial charge in [0.05, 0.1) is 16.8 Å². The Bertz CT molecular complexity index is 725. The summed E-state index contributed by atoms with van der Waals surface area (Å²) in [5, 5.41) is 3.01. The van der Waals surface area contributed by atoms with E-state index < -0.39 is 10.0 Å². The molecule has 0 aliphatic heterocycles. The Balaban J connectivity index is 2.34. The molecular weight excluding hydrogens is 286 g/mol. The van der Waals surface area contributed by atoms with Crippen LogP contribution in [-0.2, 0) is 16.6 Å². The molecule has 0 spiro atoms. The molecule has 0 atom stereocenters. The van der Waals surface area contributed by atoms with Crippen molar-refractivity contribution in [2.75, 3.05) is 11.8 Å². The lowest BCUT2D eigenvalue weighted by Gasteiger charge is -2.12. The largest absolute Gasteiger partial charge is 0.316 e. The van der Waals surface area contributed by atoms with E-state index in [0.717, 1.165) is 11.3 Å². The third kappa shape index (κ3) is 3.80. The minimum atomic E-state index is -3.62. The van der Waals surface area contributed by atoms with E-state index >= 15 is 0 Å². The molecule has 0 saturated heterocycles. The fourth-order valence-corrected chi connectivity index (χ4v) is 3.33. The number of nitrogens with zero attached hydrogens (tertiary/aromatic N) is 1. The van der Waals surface area contributed by atoms with Crippen molar-refractivity contribution in [3.8, 4) is 0 Å². The summed E-state index contributed by atoms with van der Waals surface area (Å²) in [6.07, 6.45) is 1.51. The number of hydrogen-bond acceptors (Lipinski definition) is 4. The van der Waals surface area contributed by atoms with Gasteiger partial charge in [0.2, 0.25) is 0 Å². The fraction of sp³-hybridized carbons (Fsp3) is 0.267. The molecule has 6 heteroatoms. The van der Waals surface area contributed by atoms with Gasteiger partial charge in [-0.3, -0.25) is 9.71 Å². The molecule has 0 saturated carbocycles. The van der Waals surface area contributed by atoms with Gasteiger partial charge in [-0.2, -0.15) is 0 Å². The standard InChI is InChI=1S/C15H19N3O2S/c1-11-4-6-13(9-16-3)8-15(11)21(19,20)18-14-7-5-12(2)17-10-14/h4-8,10,16,18H,9H2,1-3H3. The summed E-state index contributed by atoms with van der Waals surface area (Å²) in [6.45, 7) is 4.25. The van der Waals surface area contributed by atoms with Crippen molar-refractivity contribution in [1.29, 1.82) is 0 Å². The average molecular weight is 305 g/mol. The molecule has 1 aromatic heterocycles. The molecule has 0 aliphatic carbocycles. The summed E-state index contributed by atoms with van der Waals surface area (Å²) < 4.78 is 27.6. The first kappa shape index (κ1) is 15.5. The van der Waals surface area contributed by atoms with Crippen LogP contribution in [0.2, 0.25) is 0 Å². The highest BCUT2D eigenvalue weighted by Crippen LogP contribution is 2.20. The number of nitrogens with one attached hydrogen (secondary N) is 2. The molecule has 2 N–H and O–H groups in total. The monoisotopic (exact) mass is 305 g/mol. The van der Waals surface area contributed by atoms with Crippen LogP contribution in [0.25, 0.3) is 0 Å². The zero-order valence-corrected chi connectivity index (χ0v) is 13.2. The summed E-state index contributed by atoms with van der Waals surface area (Å²) in [7, 11) is -1.79. The van der Waals surface area contributed by atoms with Gasteiger partial charge in [-0.1, -0.05) is 12.1 Å². The van der Waals surface area contributed by atoms with Crippen LogP contribution in [0.5, 0.6) is 0 Å². The third-order valence-corrected chi connectivity index (χ3v) is 4.61. The second-order valence-electron chi connectivity index (χ2n) is 4.92. The normalized spacial score (nSPS) is 11.4. The first-order valence-electron chi connectivity index (χ1n) is 6.62. The molecule has 2 aromatic rings. The summed E-state index contributed by atoms with van der Waals surface area (Å²) >= 11 is 0. The Morgan fingerprint density at radius 2 is 1.90 bits per heavy atom. The Morgan fingerprint density at radius 1 is 1.14 bits per heavy atom. The van der Waals surface area contributed by atoms with Crippen LogP contribution in [-0.4, -0.2) is 20.4 Å². The Labute approximate surface area is 125 Å². The van der Waals surface area contributed by atoms with Crippen LogP contribution in [0.1, 0.15) is 16.8 Å². The Kier molecular flexibility index (Phi) is 4.59. The Morgan fingerprint density at radius 3 is 2.52 bits per heavy atom. The minimum Gasteiger partial charge on any atom is -0.316 e. The molecule has 0 amide bonds. The lowest BCUT2D eigenvalue weighted by atomic mass is 10.1. The van der Waals surface area contributed by atoms with Crippen LogP contribution in [0, 0.1) is 13.8 Å². The van der Waals surface area contributed by atoms with E-state index in [-0.39, 0.29) is 4.90 Å². The van der Waals surface area contributed by atoms with E-state index in [4.69, 9.17) is 0 Å². The van der Waals surface area contributed by atoms with Gasteiger partial charge in [-0.05, 0) is 50.2 Å². The minimum absolute atomic E-state index is 0.288. The van der Waals surface area contributed by atoms with E-state index in [1.807, 2.05) is 26.1 Å². The van der Waals surface area contributed by atoms with Crippen LogP contribution < -0.4 is 10.0 Å². The van der Waals surface area contributed by atoms with Crippen molar-refractivity contribution in [1.82, 2.24) is 10.3 Å². The van der Waals surface area contributed by atoms with Crippen LogP contribution in [0.15, 0.2) is 41.4 Å². The highest BCUT2D eigenvalue weighted by molar-refractivity contribution is 7.92. The van der Waals surface area contributed by atoms with Crippen molar-refractivity contribution in [3.63, 3.8) is 0 Å². The number of rotatable bonds is 5. The molecule has 21 heavy (non-hydrogen) atoms. The Hall–Kier alpha value is -1.92. The molecule has 2 rings (SSSR count). The maximum atomic E-state index is 12.5. The predicted octanol–water partition coefficient (Wildman–Crippen LogP) is 2.22. The summed E-state index contributed by atoms with van der Waals surface area (Å²) in [4.78, 5) is 4.38. The van der Waals surface area contributed by atoms with Gasteiger partial charge in [-0.25, -0.2) is 8.42 Å². The molecule has 0 fully saturated rings. The van der Waals surface area contributed by atoms with Crippen LogP contribution >= 0.6 is 0 Å². The number of sulfonamides is 1. The average Bonchev–Trinajstić information content (AvgIpc) is 2.43. The number of aromatic nitrogens is 1. The number of pyridine rings is 1.